The number of hydrogen-bond donors (Lipinski definition) is 0. The van der Waals surface area contributed by atoms with E-state index < -0.39 is 5.41 Å². The first-order valence-electron chi connectivity index (χ1n) is 5.67. The maximum atomic E-state index is 13.0. The first kappa shape index (κ1) is 13.0. The third kappa shape index (κ3) is 2.51. The second-order valence-corrected chi connectivity index (χ2v) is 5.17. The van der Waals surface area contributed by atoms with Crippen LogP contribution in [0.25, 0.3) is 0 Å². The van der Waals surface area contributed by atoms with Crippen molar-refractivity contribution < 1.29 is 4.39 Å². The monoisotopic (exact) mass is 264 g/mol. The second-order valence-electron chi connectivity index (χ2n) is 4.79. The lowest BCUT2D eigenvalue weighted by atomic mass is 9.83. The lowest BCUT2D eigenvalue weighted by Crippen LogP contribution is -2.22. The largest absolute Gasteiger partial charge is 0.237 e. The number of hydrogen-bond acceptors (Lipinski definition) is 2. The molecule has 0 spiro atoms. The molecule has 2 rings (SSSR count). The van der Waals surface area contributed by atoms with E-state index in [-0.39, 0.29) is 5.82 Å². The van der Waals surface area contributed by atoms with Crippen LogP contribution in [-0.2, 0) is 5.41 Å². The molecule has 0 saturated carbocycles. The summed E-state index contributed by atoms with van der Waals surface area (Å²) >= 11 is 5.96. The summed E-state index contributed by atoms with van der Waals surface area (Å²) in [5.74, 6) is 0.386. The highest BCUT2D eigenvalue weighted by Crippen LogP contribution is 2.29. The van der Waals surface area contributed by atoms with Gasteiger partial charge >= 0.3 is 0 Å². The van der Waals surface area contributed by atoms with E-state index in [0.717, 1.165) is 11.3 Å². The van der Waals surface area contributed by atoms with E-state index in [1.807, 2.05) is 20.8 Å². The molecule has 18 heavy (non-hydrogen) atoms. The molecule has 0 aliphatic carbocycles. The Labute approximate surface area is 111 Å². The smallest absolute Gasteiger partial charge is 0.140 e. The Morgan fingerprint density at radius 3 is 2.28 bits per heavy atom. The molecule has 0 saturated heterocycles. The molecule has 4 heteroatoms. The van der Waals surface area contributed by atoms with Crippen molar-refractivity contribution in [2.75, 3.05) is 0 Å². The van der Waals surface area contributed by atoms with Gasteiger partial charge < -0.3 is 0 Å². The van der Waals surface area contributed by atoms with Gasteiger partial charge in [-0.3, -0.25) is 0 Å². The van der Waals surface area contributed by atoms with Gasteiger partial charge in [-0.15, -0.1) is 0 Å². The molecule has 0 unspecified atom stereocenters. The molecule has 0 aliphatic rings. The van der Waals surface area contributed by atoms with Gasteiger partial charge in [-0.05, 0) is 44.5 Å². The zero-order chi connectivity index (χ0) is 13.3. The lowest BCUT2D eigenvalue weighted by molar-refractivity contribution is 0.581. The van der Waals surface area contributed by atoms with E-state index >= 15 is 0 Å². The van der Waals surface area contributed by atoms with E-state index in [9.17, 15) is 4.39 Å². The quantitative estimate of drug-likeness (QED) is 0.769. The average Bonchev–Trinajstić information content (AvgIpc) is 2.28. The van der Waals surface area contributed by atoms with Crippen LogP contribution in [0.1, 0.15) is 30.9 Å². The molecule has 0 amide bonds. The van der Waals surface area contributed by atoms with Crippen LogP contribution in [0.15, 0.2) is 30.3 Å². The number of aromatic nitrogens is 2. The predicted molar refractivity (Wildman–Crippen MR) is 70.3 cm³/mol. The topological polar surface area (TPSA) is 25.8 Å². The molecule has 0 bridgehead atoms. The van der Waals surface area contributed by atoms with Crippen LogP contribution >= 0.6 is 11.6 Å². The minimum Gasteiger partial charge on any atom is -0.237 e. The third-order valence-electron chi connectivity index (χ3n) is 2.95. The average molecular weight is 265 g/mol. The Morgan fingerprint density at radius 2 is 1.72 bits per heavy atom. The van der Waals surface area contributed by atoms with Crippen molar-refractivity contribution in [3.05, 3.63) is 58.4 Å². The maximum Gasteiger partial charge on any atom is 0.140 e. The normalized spacial score (nSPS) is 11.6. The zero-order valence-corrected chi connectivity index (χ0v) is 11.3. The SMILES string of the molecule is Cc1cc(Cl)nc(C(C)(C)c2ccc(F)cc2)n1. The summed E-state index contributed by atoms with van der Waals surface area (Å²) in [5.41, 5.74) is 1.36. The van der Waals surface area contributed by atoms with E-state index in [1.165, 1.54) is 12.1 Å². The number of aryl methyl sites for hydroxylation is 1. The van der Waals surface area contributed by atoms with Gasteiger partial charge in [0.15, 0.2) is 0 Å². The van der Waals surface area contributed by atoms with Crippen molar-refractivity contribution in [3.8, 4) is 0 Å². The highest BCUT2D eigenvalue weighted by molar-refractivity contribution is 6.29. The summed E-state index contributed by atoms with van der Waals surface area (Å²) in [7, 11) is 0. The van der Waals surface area contributed by atoms with Gasteiger partial charge in [-0.2, -0.15) is 0 Å². The molecule has 2 aromatic rings. The summed E-state index contributed by atoms with van der Waals surface area (Å²) in [6, 6.07) is 8.08. The van der Waals surface area contributed by atoms with Crippen molar-refractivity contribution in [2.45, 2.75) is 26.2 Å². The second kappa shape index (κ2) is 4.65. The molecule has 0 N–H and O–H groups in total. The Bertz CT molecular complexity index is 544. The fraction of sp³-hybridized carbons (Fsp3) is 0.286. The molecule has 94 valence electrons. The number of benzene rings is 1. The van der Waals surface area contributed by atoms with Gasteiger partial charge in [0.2, 0.25) is 0 Å². The van der Waals surface area contributed by atoms with Crippen LogP contribution in [0.3, 0.4) is 0 Å². The zero-order valence-electron chi connectivity index (χ0n) is 10.5. The van der Waals surface area contributed by atoms with E-state index in [0.29, 0.717) is 11.0 Å². The van der Waals surface area contributed by atoms with Crippen molar-refractivity contribution in [2.24, 2.45) is 0 Å². The van der Waals surface area contributed by atoms with Crippen LogP contribution in [0.2, 0.25) is 5.15 Å². The van der Waals surface area contributed by atoms with E-state index in [4.69, 9.17) is 11.6 Å². The first-order chi connectivity index (χ1) is 8.39. The van der Waals surface area contributed by atoms with Crippen LogP contribution in [0.5, 0.6) is 0 Å². The molecular formula is C14H14ClFN2. The molecule has 0 atom stereocenters. The summed E-state index contributed by atoms with van der Waals surface area (Å²) in [6.45, 7) is 5.86. The van der Waals surface area contributed by atoms with Crippen LogP contribution in [0, 0.1) is 12.7 Å². The highest BCUT2D eigenvalue weighted by Gasteiger charge is 2.26. The number of nitrogens with zero attached hydrogens (tertiary/aromatic N) is 2. The van der Waals surface area contributed by atoms with Crippen LogP contribution in [0.4, 0.5) is 4.39 Å². The molecule has 1 aromatic carbocycles. The summed E-state index contributed by atoms with van der Waals surface area (Å²) in [4.78, 5) is 8.68. The first-order valence-corrected chi connectivity index (χ1v) is 6.05. The van der Waals surface area contributed by atoms with Crippen LogP contribution in [-0.4, -0.2) is 9.97 Å². The minimum atomic E-state index is -0.413. The summed E-state index contributed by atoms with van der Waals surface area (Å²) < 4.78 is 13.0. The Morgan fingerprint density at radius 1 is 1.11 bits per heavy atom. The number of halogens is 2. The van der Waals surface area contributed by atoms with Gasteiger partial charge in [-0.1, -0.05) is 23.7 Å². The predicted octanol–water partition coefficient (Wildman–Crippen LogP) is 3.90. The molecular weight excluding hydrogens is 251 g/mol. The van der Waals surface area contributed by atoms with E-state index in [1.54, 1.807) is 18.2 Å². The molecule has 1 heterocycles. The van der Waals surface area contributed by atoms with Gasteiger partial charge in [0.25, 0.3) is 0 Å². The van der Waals surface area contributed by atoms with Gasteiger partial charge in [0.1, 0.15) is 16.8 Å². The van der Waals surface area contributed by atoms with Gasteiger partial charge in [-0.25, -0.2) is 14.4 Å². The molecule has 1 aromatic heterocycles. The third-order valence-corrected chi connectivity index (χ3v) is 3.14. The molecule has 0 fully saturated rings. The Kier molecular flexibility index (Phi) is 3.35. The fourth-order valence-electron chi connectivity index (χ4n) is 1.81. The number of rotatable bonds is 2. The van der Waals surface area contributed by atoms with Crippen molar-refractivity contribution >= 4 is 11.6 Å². The maximum absolute atomic E-state index is 13.0. The molecule has 0 aliphatic heterocycles. The molecule has 0 radical (unpaired) electrons. The van der Waals surface area contributed by atoms with Crippen molar-refractivity contribution in [3.63, 3.8) is 0 Å². The minimum absolute atomic E-state index is 0.252. The Balaban J connectivity index is 2.49. The van der Waals surface area contributed by atoms with Crippen molar-refractivity contribution in [1.29, 1.82) is 0 Å². The van der Waals surface area contributed by atoms with Gasteiger partial charge in [0.05, 0.1) is 0 Å². The van der Waals surface area contributed by atoms with E-state index in [2.05, 4.69) is 9.97 Å². The van der Waals surface area contributed by atoms with Gasteiger partial charge in [0, 0.05) is 11.1 Å². The van der Waals surface area contributed by atoms with Crippen molar-refractivity contribution in [1.82, 2.24) is 9.97 Å². The molecule has 2 nitrogen and oxygen atoms in total. The Hall–Kier alpha value is -1.48. The summed E-state index contributed by atoms with van der Waals surface area (Å²) in [6.07, 6.45) is 0. The lowest BCUT2D eigenvalue weighted by Gasteiger charge is -2.24. The summed E-state index contributed by atoms with van der Waals surface area (Å²) in [5, 5.41) is 0.424. The highest BCUT2D eigenvalue weighted by atomic mass is 35.5. The fourth-order valence-corrected chi connectivity index (χ4v) is 2.04. The standard InChI is InChI=1S/C14H14ClFN2/c1-9-8-12(15)18-13(17-9)14(2,3)10-4-6-11(16)7-5-10/h4-8H,1-3H3. The van der Waals surface area contributed by atoms with Crippen LogP contribution < -0.4 is 0 Å².